The minimum absolute atomic E-state index is 0.0986. The van der Waals surface area contributed by atoms with Crippen molar-refractivity contribution in [2.75, 3.05) is 0 Å². The summed E-state index contributed by atoms with van der Waals surface area (Å²) in [5.74, 6) is 0. The van der Waals surface area contributed by atoms with Gasteiger partial charge in [0.05, 0.1) is 17.8 Å². The Morgan fingerprint density at radius 2 is 2.05 bits per heavy atom. The minimum Gasteiger partial charge on any atom is -0.241 e. The summed E-state index contributed by atoms with van der Waals surface area (Å²) >= 11 is 7.48. The third kappa shape index (κ3) is 2.42. The highest BCUT2D eigenvalue weighted by molar-refractivity contribution is 7.15. The van der Waals surface area contributed by atoms with Crippen LogP contribution in [0.1, 0.15) is 16.6 Å². The van der Waals surface area contributed by atoms with Crippen molar-refractivity contribution < 1.29 is 0 Å². The molecule has 0 bridgehead atoms. The molecule has 3 N–H and O–H groups in total. The van der Waals surface area contributed by atoms with Gasteiger partial charge in [-0.3, -0.25) is 0 Å². The SMILES string of the molecule is Cc1nc(-c2ccc(Cl)cc2)sc1C1NNNC1C#N. The van der Waals surface area contributed by atoms with E-state index in [1.807, 2.05) is 31.2 Å². The average Bonchev–Trinajstić information content (AvgIpc) is 3.05. The normalized spacial score (nSPS) is 21.9. The van der Waals surface area contributed by atoms with Crippen LogP contribution in [-0.4, -0.2) is 11.0 Å². The van der Waals surface area contributed by atoms with Crippen molar-refractivity contribution in [3.63, 3.8) is 0 Å². The van der Waals surface area contributed by atoms with Gasteiger partial charge in [0.15, 0.2) is 0 Å². The molecule has 1 aliphatic heterocycles. The Hall–Kier alpha value is -1.49. The van der Waals surface area contributed by atoms with E-state index in [-0.39, 0.29) is 12.1 Å². The lowest BCUT2D eigenvalue weighted by atomic mass is 10.1. The molecule has 0 saturated carbocycles. The van der Waals surface area contributed by atoms with Crippen molar-refractivity contribution in [3.05, 3.63) is 39.9 Å². The second-order valence-corrected chi connectivity index (χ2v) is 5.94. The third-order valence-electron chi connectivity index (χ3n) is 3.13. The summed E-state index contributed by atoms with van der Waals surface area (Å²) in [6.07, 6.45) is 0. The first kappa shape index (κ1) is 13.5. The molecule has 2 aromatic rings. The molecule has 3 rings (SSSR count). The molecule has 5 nitrogen and oxygen atoms in total. The summed E-state index contributed by atoms with van der Waals surface area (Å²) in [5.41, 5.74) is 10.7. The van der Waals surface area contributed by atoms with E-state index in [1.165, 1.54) is 0 Å². The van der Waals surface area contributed by atoms with Crippen LogP contribution in [0, 0.1) is 18.3 Å². The van der Waals surface area contributed by atoms with Gasteiger partial charge in [-0.05, 0) is 19.1 Å². The standard InChI is InChI=1S/C13H12ClN5S/c1-7-12(11-10(6-15)17-19-18-11)20-13(16-7)8-2-4-9(14)5-3-8/h2-5,10-11,17-19H,1H3. The molecule has 1 aromatic carbocycles. The Kier molecular flexibility index (Phi) is 3.70. The molecule has 0 spiro atoms. The van der Waals surface area contributed by atoms with Crippen molar-refractivity contribution >= 4 is 22.9 Å². The molecule has 1 saturated heterocycles. The van der Waals surface area contributed by atoms with Gasteiger partial charge in [0.25, 0.3) is 0 Å². The number of rotatable bonds is 2. The first-order valence-corrected chi connectivity index (χ1v) is 7.27. The molecule has 0 radical (unpaired) electrons. The molecule has 2 unspecified atom stereocenters. The monoisotopic (exact) mass is 305 g/mol. The molecule has 20 heavy (non-hydrogen) atoms. The van der Waals surface area contributed by atoms with Gasteiger partial charge in [0, 0.05) is 15.5 Å². The van der Waals surface area contributed by atoms with Gasteiger partial charge in [0.1, 0.15) is 11.0 Å². The summed E-state index contributed by atoms with van der Waals surface area (Å²) in [5, 5.41) is 10.8. The number of thiazole rings is 1. The number of hydrazine groups is 2. The maximum absolute atomic E-state index is 9.12. The lowest BCUT2D eigenvalue weighted by Crippen LogP contribution is -2.32. The second kappa shape index (κ2) is 5.48. The van der Waals surface area contributed by atoms with E-state index in [2.05, 4.69) is 27.4 Å². The second-order valence-electron chi connectivity index (χ2n) is 4.47. The number of nitrogens with one attached hydrogen (secondary N) is 3. The summed E-state index contributed by atoms with van der Waals surface area (Å²) < 4.78 is 0. The fourth-order valence-electron chi connectivity index (χ4n) is 2.10. The Bertz CT molecular complexity index is 660. The molecule has 2 heterocycles. The van der Waals surface area contributed by atoms with Crippen LogP contribution in [0.5, 0.6) is 0 Å². The van der Waals surface area contributed by atoms with Crippen LogP contribution in [0.25, 0.3) is 10.6 Å². The first-order valence-electron chi connectivity index (χ1n) is 6.08. The number of nitriles is 1. The predicted molar refractivity (Wildman–Crippen MR) is 78.8 cm³/mol. The summed E-state index contributed by atoms with van der Waals surface area (Å²) in [7, 11) is 0. The van der Waals surface area contributed by atoms with Gasteiger partial charge in [-0.1, -0.05) is 23.7 Å². The number of aryl methyl sites for hydroxylation is 1. The molecule has 0 amide bonds. The van der Waals surface area contributed by atoms with Gasteiger partial charge >= 0.3 is 0 Å². The Morgan fingerprint density at radius 3 is 2.75 bits per heavy atom. The minimum atomic E-state index is -0.313. The Balaban J connectivity index is 1.95. The lowest BCUT2D eigenvalue weighted by Gasteiger charge is -2.09. The van der Waals surface area contributed by atoms with Crippen molar-refractivity contribution in [2.45, 2.75) is 19.0 Å². The van der Waals surface area contributed by atoms with Crippen LogP contribution < -0.4 is 16.4 Å². The maximum atomic E-state index is 9.12. The van der Waals surface area contributed by atoms with Crippen LogP contribution in [-0.2, 0) is 0 Å². The average molecular weight is 306 g/mol. The van der Waals surface area contributed by atoms with Gasteiger partial charge in [-0.15, -0.1) is 11.3 Å². The molecule has 0 aliphatic carbocycles. The van der Waals surface area contributed by atoms with Crippen LogP contribution in [0.2, 0.25) is 5.02 Å². The topological polar surface area (TPSA) is 72.8 Å². The van der Waals surface area contributed by atoms with Gasteiger partial charge in [0.2, 0.25) is 0 Å². The number of nitrogens with zero attached hydrogens (tertiary/aromatic N) is 2. The quantitative estimate of drug-likeness (QED) is 0.794. The zero-order valence-electron chi connectivity index (χ0n) is 10.6. The fraction of sp³-hybridized carbons (Fsp3) is 0.231. The highest BCUT2D eigenvalue weighted by atomic mass is 35.5. The summed E-state index contributed by atoms with van der Waals surface area (Å²) in [6.45, 7) is 1.96. The van der Waals surface area contributed by atoms with Crippen molar-refractivity contribution in [1.82, 2.24) is 21.4 Å². The van der Waals surface area contributed by atoms with E-state index >= 15 is 0 Å². The number of benzene rings is 1. The third-order valence-corrected chi connectivity index (χ3v) is 4.68. The van der Waals surface area contributed by atoms with Crippen LogP contribution in [0.4, 0.5) is 0 Å². The lowest BCUT2D eigenvalue weighted by molar-refractivity contribution is 0.557. The van der Waals surface area contributed by atoms with Crippen LogP contribution in [0.3, 0.4) is 0 Å². The Morgan fingerprint density at radius 1 is 1.30 bits per heavy atom. The number of halogens is 1. The molecule has 7 heteroatoms. The molecular weight excluding hydrogens is 294 g/mol. The van der Waals surface area contributed by atoms with Crippen molar-refractivity contribution in [2.24, 2.45) is 0 Å². The van der Waals surface area contributed by atoms with E-state index in [0.29, 0.717) is 5.02 Å². The number of aromatic nitrogens is 1. The highest BCUT2D eigenvalue weighted by Gasteiger charge is 2.31. The van der Waals surface area contributed by atoms with Crippen molar-refractivity contribution in [3.8, 4) is 16.6 Å². The Labute approximate surface area is 125 Å². The van der Waals surface area contributed by atoms with Gasteiger partial charge in [-0.25, -0.2) is 15.8 Å². The summed E-state index contributed by atoms with van der Waals surface area (Å²) in [6, 6.07) is 9.41. The van der Waals surface area contributed by atoms with Crippen molar-refractivity contribution in [1.29, 1.82) is 5.26 Å². The van der Waals surface area contributed by atoms with E-state index in [9.17, 15) is 0 Å². The smallest absolute Gasteiger partial charge is 0.131 e. The zero-order chi connectivity index (χ0) is 14.1. The van der Waals surface area contributed by atoms with Gasteiger partial charge in [-0.2, -0.15) is 10.8 Å². The number of hydrogen-bond donors (Lipinski definition) is 3. The number of hydrogen-bond acceptors (Lipinski definition) is 6. The predicted octanol–water partition coefficient (Wildman–Crippen LogP) is 2.32. The van der Waals surface area contributed by atoms with E-state index in [0.717, 1.165) is 21.1 Å². The summed E-state index contributed by atoms with van der Waals surface area (Å²) in [4.78, 5) is 5.65. The molecule has 1 fully saturated rings. The molecule has 102 valence electrons. The van der Waals surface area contributed by atoms with E-state index in [4.69, 9.17) is 16.9 Å². The molecule has 2 atom stereocenters. The maximum Gasteiger partial charge on any atom is 0.131 e. The van der Waals surface area contributed by atoms with Gasteiger partial charge < -0.3 is 0 Å². The fourth-order valence-corrected chi connectivity index (χ4v) is 3.39. The molecular formula is C13H12ClN5S. The molecule has 1 aromatic heterocycles. The zero-order valence-corrected chi connectivity index (χ0v) is 12.2. The highest BCUT2D eigenvalue weighted by Crippen LogP contribution is 2.34. The first-order chi connectivity index (χ1) is 9.69. The van der Waals surface area contributed by atoms with Crippen LogP contribution >= 0.6 is 22.9 Å². The largest absolute Gasteiger partial charge is 0.241 e. The van der Waals surface area contributed by atoms with Crippen LogP contribution in [0.15, 0.2) is 24.3 Å². The molecule has 1 aliphatic rings. The van der Waals surface area contributed by atoms with E-state index in [1.54, 1.807) is 11.3 Å². The van der Waals surface area contributed by atoms with E-state index < -0.39 is 0 Å².